The van der Waals surface area contributed by atoms with Crippen molar-refractivity contribution in [1.29, 1.82) is 0 Å². The van der Waals surface area contributed by atoms with E-state index in [4.69, 9.17) is 18.5 Å². The Balaban J connectivity index is 3.50. The van der Waals surface area contributed by atoms with Crippen molar-refractivity contribution < 1.29 is 28.0 Å². The maximum Gasteiger partial charge on any atom is 0.472 e. The first-order chi connectivity index (χ1) is 14.9. The Morgan fingerprint density at radius 3 is 1.77 bits per heavy atom. The Labute approximate surface area is 191 Å². The number of likely N-dealkylation sites (N-methyl/N-ethyl adjacent to an activating group) is 1. The lowest BCUT2D eigenvalue weighted by molar-refractivity contribution is -0.0222. The number of rotatable bonds is 24. The van der Waals surface area contributed by atoms with E-state index in [2.05, 4.69) is 6.92 Å². The Morgan fingerprint density at radius 1 is 0.774 bits per heavy atom. The van der Waals surface area contributed by atoms with Crippen molar-refractivity contribution in [3.63, 3.8) is 0 Å². The molecule has 0 aromatic carbocycles. The molecule has 0 radical (unpaired) electrons. The summed E-state index contributed by atoms with van der Waals surface area (Å²) in [7, 11) is 1.21. The van der Waals surface area contributed by atoms with Crippen LogP contribution in [-0.2, 0) is 23.1 Å². The van der Waals surface area contributed by atoms with Gasteiger partial charge >= 0.3 is 7.82 Å². The van der Waals surface area contributed by atoms with E-state index in [0.29, 0.717) is 19.8 Å². The molecule has 0 spiro atoms. The fraction of sp³-hybridized carbons (Fsp3) is 1.00. The maximum absolute atomic E-state index is 11.8. The third-order valence-electron chi connectivity index (χ3n) is 5.25. The van der Waals surface area contributed by atoms with Crippen molar-refractivity contribution in [2.75, 3.05) is 54.2 Å². The number of ether oxygens (including phenoxy) is 2. The number of unbranched alkanes of at least 4 members (excludes halogenated alkanes) is 12. The summed E-state index contributed by atoms with van der Waals surface area (Å²) in [5, 5.41) is 0. The van der Waals surface area contributed by atoms with Gasteiger partial charge in [-0.25, -0.2) is 4.57 Å². The van der Waals surface area contributed by atoms with E-state index >= 15 is 0 Å². The molecule has 2 atom stereocenters. The van der Waals surface area contributed by atoms with Gasteiger partial charge < -0.3 is 19.3 Å². The van der Waals surface area contributed by atoms with E-state index in [-0.39, 0.29) is 19.3 Å². The van der Waals surface area contributed by atoms with Crippen LogP contribution in [0.25, 0.3) is 0 Å². The lowest BCUT2D eigenvalue weighted by Crippen LogP contribution is -2.24. The van der Waals surface area contributed by atoms with Gasteiger partial charge in [-0.2, -0.15) is 0 Å². The quantitative estimate of drug-likeness (QED) is 0.142. The number of phosphoric acid groups is 1. The molecular weight excluding hydrogens is 417 g/mol. The van der Waals surface area contributed by atoms with Crippen LogP contribution in [0.5, 0.6) is 0 Å². The SMILES string of the molecule is CCCCCCCCCCCCCCCOCC(COP(=O)(O)OCCN(C)C)OC. The number of methoxy groups -OCH3 is 1. The van der Waals surface area contributed by atoms with Crippen LogP contribution in [0.4, 0.5) is 0 Å². The fourth-order valence-corrected chi connectivity index (χ4v) is 3.92. The number of hydrogen-bond acceptors (Lipinski definition) is 6. The van der Waals surface area contributed by atoms with Gasteiger partial charge in [0.05, 0.1) is 19.8 Å². The van der Waals surface area contributed by atoms with E-state index in [1.807, 2.05) is 19.0 Å². The predicted octanol–water partition coefficient (Wildman–Crippen LogP) is 5.80. The molecule has 0 bridgehead atoms. The van der Waals surface area contributed by atoms with Crippen LogP contribution in [0.1, 0.15) is 90.4 Å². The van der Waals surface area contributed by atoms with Crippen molar-refractivity contribution in [3.8, 4) is 0 Å². The molecule has 0 aliphatic carbocycles. The summed E-state index contributed by atoms with van der Waals surface area (Å²) >= 11 is 0. The van der Waals surface area contributed by atoms with Crippen LogP contribution in [0.15, 0.2) is 0 Å². The van der Waals surface area contributed by atoms with E-state index in [0.717, 1.165) is 6.42 Å². The van der Waals surface area contributed by atoms with E-state index in [9.17, 15) is 9.46 Å². The first kappa shape index (κ1) is 31.0. The van der Waals surface area contributed by atoms with Crippen molar-refractivity contribution >= 4 is 7.82 Å². The van der Waals surface area contributed by atoms with E-state index < -0.39 is 7.82 Å². The van der Waals surface area contributed by atoms with Crippen molar-refractivity contribution in [2.45, 2.75) is 96.5 Å². The molecule has 31 heavy (non-hydrogen) atoms. The molecule has 1 N–H and O–H groups in total. The highest BCUT2D eigenvalue weighted by molar-refractivity contribution is 7.47. The van der Waals surface area contributed by atoms with Gasteiger partial charge in [0.2, 0.25) is 0 Å². The molecule has 0 saturated carbocycles. The molecule has 188 valence electrons. The van der Waals surface area contributed by atoms with Crippen LogP contribution in [-0.4, -0.2) is 70.1 Å². The summed E-state index contributed by atoms with van der Waals surface area (Å²) in [6.45, 7) is 3.92. The zero-order valence-electron chi connectivity index (χ0n) is 20.7. The molecule has 2 unspecified atom stereocenters. The lowest BCUT2D eigenvalue weighted by atomic mass is 10.0. The molecule has 0 rings (SSSR count). The molecule has 0 amide bonds. The first-order valence-corrected chi connectivity index (χ1v) is 13.8. The van der Waals surface area contributed by atoms with Gasteiger partial charge in [-0.05, 0) is 20.5 Å². The smallest absolute Gasteiger partial charge is 0.379 e. The molecule has 7 nitrogen and oxygen atoms in total. The van der Waals surface area contributed by atoms with Gasteiger partial charge in [0.25, 0.3) is 0 Å². The minimum atomic E-state index is -4.05. The number of hydrogen-bond donors (Lipinski definition) is 1. The van der Waals surface area contributed by atoms with Crippen molar-refractivity contribution in [1.82, 2.24) is 4.90 Å². The van der Waals surface area contributed by atoms with E-state index in [1.165, 1.54) is 84.2 Å². The standard InChI is InChI=1S/C23H50NO6P/c1-5-6-7-8-9-10-11-12-13-14-15-16-17-19-28-21-23(27-4)22-30-31(25,26)29-20-18-24(2)3/h23H,5-22H2,1-4H3,(H,25,26). The molecule has 0 heterocycles. The molecule has 0 aliphatic rings. The summed E-state index contributed by atoms with van der Waals surface area (Å²) in [6, 6.07) is 0. The highest BCUT2D eigenvalue weighted by Crippen LogP contribution is 2.43. The molecule has 8 heteroatoms. The fourth-order valence-electron chi connectivity index (χ4n) is 3.17. The summed E-state index contributed by atoms with van der Waals surface area (Å²) in [4.78, 5) is 11.5. The largest absolute Gasteiger partial charge is 0.472 e. The maximum atomic E-state index is 11.8. The molecule has 0 aromatic heterocycles. The zero-order valence-corrected chi connectivity index (χ0v) is 21.6. The van der Waals surface area contributed by atoms with Gasteiger partial charge in [-0.3, -0.25) is 9.05 Å². The Kier molecular flexibility index (Phi) is 21.8. The van der Waals surface area contributed by atoms with Crippen LogP contribution < -0.4 is 0 Å². The Bertz CT molecular complexity index is 425. The second-order valence-corrected chi connectivity index (χ2v) is 10.0. The van der Waals surface area contributed by atoms with Gasteiger partial charge in [-0.15, -0.1) is 0 Å². The number of phosphoric ester groups is 1. The van der Waals surface area contributed by atoms with Gasteiger partial charge in [0, 0.05) is 20.3 Å². The molecule has 0 saturated heterocycles. The normalized spacial score (nSPS) is 14.8. The molecule has 0 aliphatic heterocycles. The average molecular weight is 468 g/mol. The Morgan fingerprint density at radius 2 is 1.29 bits per heavy atom. The monoisotopic (exact) mass is 467 g/mol. The summed E-state index contributed by atoms with van der Waals surface area (Å²) in [6.07, 6.45) is 16.8. The summed E-state index contributed by atoms with van der Waals surface area (Å²) in [5.74, 6) is 0. The average Bonchev–Trinajstić information content (AvgIpc) is 2.72. The second-order valence-electron chi connectivity index (χ2n) is 8.58. The zero-order chi connectivity index (χ0) is 23.2. The van der Waals surface area contributed by atoms with Crippen LogP contribution in [0, 0.1) is 0 Å². The second kappa shape index (κ2) is 21.8. The van der Waals surface area contributed by atoms with Crippen LogP contribution in [0.3, 0.4) is 0 Å². The topological polar surface area (TPSA) is 77.5 Å². The minimum absolute atomic E-state index is 0.0369. The molecule has 0 fully saturated rings. The highest BCUT2D eigenvalue weighted by atomic mass is 31.2. The summed E-state index contributed by atoms with van der Waals surface area (Å²) < 4.78 is 32.6. The van der Waals surface area contributed by atoms with Crippen molar-refractivity contribution in [2.24, 2.45) is 0 Å². The van der Waals surface area contributed by atoms with Crippen LogP contribution >= 0.6 is 7.82 Å². The lowest BCUT2D eigenvalue weighted by Gasteiger charge is -2.18. The third-order valence-corrected chi connectivity index (χ3v) is 6.23. The molecule has 0 aromatic rings. The van der Waals surface area contributed by atoms with Crippen LogP contribution in [0.2, 0.25) is 0 Å². The Hall–Kier alpha value is -0.0100. The van der Waals surface area contributed by atoms with Gasteiger partial charge in [0.1, 0.15) is 6.10 Å². The third kappa shape index (κ3) is 23.0. The number of nitrogens with zero attached hydrogens (tertiary/aromatic N) is 1. The summed E-state index contributed by atoms with van der Waals surface area (Å²) in [5.41, 5.74) is 0. The van der Waals surface area contributed by atoms with E-state index in [1.54, 1.807) is 0 Å². The van der Waals surface area contributed by atoms with Gasteiger partial charge in [-0.1, -0.05) is 84.0 Å². The minimum Gasteiger partial charge on any atom is -0.379 e. The molecular formula is C23H50NO6P. The van der Waals surface area contributed by atoms with Crippen molar-refractivity contribution in [3.05, 3.63) is 0 Å². The van der Waals surface area contributed by atoms with Gasteiger partial charge in [0.15, 0.2) is 0 Å². The highest BCUT2D eigenvalue weighted by Gasteiger charge is 2.23. The predicted molar refractivity (Wildman–Crippen MR) is 128 cm³/mol. The first-order valence-electron chi connectivity index (χ1n) is 12.3.